The zero-order valence-corrected chi connectivity index (χ0v) is 22.0. The average Bonchev–Trinajstić information content (AvgIpc) is 3.29. The molecule has 0 bridgehead atoms. The molecule has 9 nitrogen and oxygen atoms in total. The van der Waals surface area contributed by atoms with Crippen molar-refractivity contribution in [1.29, 1.82) is 0 Å². The van der Waals surface area contributed by atoms with Crippen LogP contribution in [0.1, 0.15) is 58.4 Å². The average molecular weight is 522 g/mol. The lowest BCUT2D eigenvalue weighted by Gasteiger charge is -2.15. The Hall–Kier alpha value is -3.92. The van der Waals surface area contributed by atoms with E-state index in [0.717, 1.165) is 12.0 Å². The molecule has 0 aliphatic heterocycles. The second kappa shape index (κ2) is 13.4. The van der Waals surface area contributed by atoms with Gasteiger partial charge in [0.1, 0.15) is 0 Å². The number of anilines is 1. The first-order valence-electron chi connectivity index (χ1n) is 11.9. The third-order valence-corrected chi connectivity index (χ3v) is 6.19. The molecule has 2 N–H and O–H groups in total. The van der Waals surface area contributed by atoms with E-state index >= 15 is 0 Å². The van der Waals surface area contributed by atoms with E-state index in [0.29, 0.717) is 40.9 Å². The van der Waals surface area contributed by atoms with Crippen molar-refractivity contribution in [1.82, 2.24) is 20.1 Å². The fourth-order valence-corrected chi connectivity index (χ4v) is 4.24. The minimum absolute atomic E-state index is 0.0732. The SMILES string of the molecule is C=CCn1c(SCC(=O)Nc2cccc(C(=O)OCCC)c2)nnc1[C@H](C)NC(=O)c1cccc(C)c1. The van der Waals surface area contributed by atoms with Crippen molar-refractivity contribution >= 4 is 35.2 Å². The van der Waals surface area contributed by atoms with Crippen LogP contribution in [0, 0.1) is 6.92 Å². The Morgan fingerprint density at radius 1 is 1.14 bits per heavy atom. The summed E-state index contributed by atoms with van der Waals surface area (Å²) in [5.74, 6) is -0.273. The van der Waals surface area contributed by atoms with Crippen LogP contribution in [-0.4, -0.2) is 44.9 Å². The van der Waals surface area contributed by atoms with Crippen molar-refractivity contribution in [3.05, 3.63) is 83.7 Å². The van der Waals surface area contributed by atoms with E-state index in [1.807, 2.05) is 43.5 Å². The fraction of sp³-hybridized carbons (Fsp3) is 0.296. The number of amides is 2. The zero-order chi connectivity index (χ0) is 26.8. The van der Waals surface area contributed by atoms with E-state index in [2.05, 4.69) is 27.4 Å². The molecule has 3 rings (SSSR count). The number of benzene rings is 2. The van der Waals surface area contributed by atoms with Gasteiger partial charge in [0.15, 0.2) is 11.0 Å². The third-order valence-electron chi connectivity index (χ3n) is 5.22. The number of aryl methyl sites for hydroxylation is 1. The predicted molar refractivity (Wildman–Crippen MR) is 144 cm³/mol. The van der Waals surface area contributed by atoms with Crippen molar-refractivity contribution in [2.24, 2.45) is 0 Å². The summed E-state index contributed by atoms with van der Waals surface area (Å²) in [5, 5.41) is 14.8. The van der Waals surface area contributed by atoms with Gasteiger partial charge in [0.2, 0.25) is 5.91 Å². The van der Waals surface area contributed by atoms with Crippen molar-refractivity contribution in [3.8, 4) is 0 Å². The van der Waals surface area contributed by atoms with Gasteiger partial charge in [0.25, 0.3) is 5.91 Å². The number of carbonyl (C=O) groups excluding carboxylic acids is 3. The highest BCUT2D eigenvalue weighted by Gasteiger charge is 2.20. The molecule has 2 amide bonds. The number of carbonyl (C=O) groups is 3. The van der Waals surface area contributed by atoms with Crippen molar-refractivity contribution in [2.45, 2.75) is 44.9 Å². The van der Waals surface area contributed by atoms with Gasteiger partial charge in [0, 0.05) is 17.8 Å². The number of ether oxygens (including phenoxy) is 1. The molecule has 0 spiro atoms. The van der Waals surface area contributed by atoms with Crippen LogP contribution in [0.4, 0.5) is 5.69 Å². The molecular formula is C27H31N5O4S. The molecule has 0 radical (unpaired) electrons. The minimum atomic E-state index is -0.430. The first-order chi connectivity index (χ1) is 17.8. The molecular weight excluding hydrogens is 490 g/mol. The van der Waals surface area contributed by atoms with Gasteiger partial charge in [0.05, 0.1) is 24.0 Å². The molecule has 0 aliphatic carbocycles. The maximum absolute atomic E-state index is 12.7. The molecule has 37 heavy (non-hydrogen) atoms. The van der Waals surface area contributed by atoms with E-state index in [9.17, 15) is 14.4 Å². The largest absolute Gasteiger partial charge is 0.462 e. The Morgan fingerprint density at radius 2 is 1.89 bits per heavy atom. The Morgan fingerprint density at radius 3 is 2.62 bits per heavy atom. The molecule has 3 aromatic rings. The lowest BCUT2D eigenvalue weighted by molar-refractivity contribution is -0.113. The maximum atomic E-state index is 12.7. The summed E-state index contributed by atoms with van der Waals surface area (Å²) in [6.45, 7) is 10.2. The summed E-state index contributed by atoms with van der Waals surface area (Å²) in [6.07, 6.45) is 2.44. The summed E-state index contributed by atoms with van der Waals surface area (Å²) in [7, 11) is 0. The summed E-state index contributed by atoms with van der Waals surface area (Å²) in [4.78, 5) is 37.4. The molecule has 10 heteroatoms. The van der Waals surface area contributed by atoms with Crippen LogP contribution < -0.4 is 10.6 Å². The molecule has 0 fully saturated rings. The van der Waals surface area contributed by atoms with Gasteiger partial charge in [-0.2, -0.15) is 0 Å². The minimum Gasteiger partial charge on any atom is -0.462 e. The Kier molecular flexibility index (Phi) is 10.0. The predicted octanol–water partition coefficient (Wildman–Crippen LogP) is 4.56. The number of rotatable bonds is 12. The first kappa shape index (κ1) is 27.7. The van der Waals surface area contributed by atoms with E-state index in [1.165, 1.54) is 11.8 Å². The Labute approximate surface area is 220 Å². The Balaban J connectivity index is 1.63. The molecule has 0 saturated carbocycles. The van der Waals surface area contributed by atoms with Crippen molar-refractivity contribution < 1.29 is 19.1 Å². The number of nitrogens with one attached hydrogen (secondary N) is 2. The highest BCUT2D eigenvalue weighted by molar-refractivity contribution is 7.99. The van der Waals surface area contributed by atoms with Crippen LogP contribution in [0.3, 0.4) is 0 Å². The van der Waals surface area contributed by atoms with E-state index in [-0.39, 0.29) is 17.6 Å². The molecule has 1 atom stereocenters. The number of thioether (sulfide) groups is 1. The van der Waals surface area contributed by atoms with Gasteiger partial charge < -0.3 is 19.9 Å². The normalized spacial score (nSPS) is 11.4. The van der Waals surface area contributed by atoms with Crippen LogP contribution >= 0.6 is 11.8 Å². The van der Waals surface area contributed by atoms with Crippen molar-refractivity contribution in [3.63, 3.8) is 0 Å². The van der Waals surface area contributed by atoms with Crippen LogP contribution in [0.2, 0.25) is 0 Å². The standard InChI is InChI=1S/C27H31N5O4S/c1-5-13-32-24(19(4)28-25(34)20-10-7-9-18(3)15-20)30-31-27(32)37-17-23(33)29-22-12-8-11-21(16-22)26(35)36-14-6-2/h5,7-12,15-16,19H,1,6,13-14,17H2,2-4H3,(H,28,34)(H,29,33)/t19-/m0/s1. The Bertz CT molecular complexity index is 1270. The molecule has 0 unspecified atom stereocenters. The third kappa shape index (κ3) is 7.78. The van der Waals surface area contributed by atoms with E-state index in [1.54, 1.807) is 36.4 Å². The van der Waals surface area contributed by atoms with Crippen LogP contribution in [0.15, 0.2) is 66.3 Å². The van der Waals surface area contributed by atoms with Gasteiger partial charge in [-0.25, -0.2) is 4.79 Å². The molecule has 194 valence electrons. The first-order valence-corrected chi connectivity index (χ1v) is 12.9. The highest BCUT2D eigenvalue weighted by Crippen LogP contribution is 2.22. The molecule has 1 heterocycles. The van der Waals surface area contributed by atoms with E-state index in [4.69, 9.17) is 4.74 Å². The zero-order valence-electron chi connectivity index (χ0n) is 21.2. The monoisotopic (exact) mass is 521 g/mol. The summed E-state index contributed by atoms with van der Waals surface area (Å²) in [5.41, 5.74) is 2.43. The number of hydrogen-bond acceptors (Lipinski definition) is 7. The fourth-order valence-electron chi connectivity index (χ4n) is 3.49. The highest BCUT2D eigenvalue weighted by atomic mass is 32.2. The molecule has 0 saturated heterocycles. The summed E-state index contributed by atoms with van der Waals surface area (Å²) >= 11 is 1.22. The topological polar surface area (TPSA) is 115 Å². The second-order valence-corrected chi connectivity index (χ2v) is 9.30. The van der Waals surface area contributed by atoms with Gasteiger partial charge >= 0.3 is 5.97 Å². The maximum Gasteiger partial charge on any atom is 0.338 e. The van der Waals surface area contributed by atoms with Crippen LogP contribution in [0.5, 0.6) is 0 Å². The summed E-state index contributed by atoms with van der Waals surface area (Å²) in [6, 6.07) is 13.5. The number of aromatic nitrogens is 3. The number of nitrogens with zero attached hydrogens (tertiary/aromatic N) is 3. The number of allylic oxidation sites excluding steroid dienone is 1. The number of hydrogen-bond donors (Lipinski definition) is 2. The van der Waals surface area contributed by atoms with E-state index < -0.39 is 12.0 Å². The smallest absolute Gasteiger partial charge is 0.338 e. The lowest BCUT2D eigenvalue weighted by Crippen LogP contribution is -2.29. The lowest BCUT2D eigenvalue weighted by atomic mass is 10.1. The second-order valence-electron chi connectivity index (χ2n) is 8.36. The van der Waals surface area contributed by atoms with Gasteiger partial charge in [-0.3, -0.25) is 9.59 Å². The number of esters is 1. The molecule has 2 aromatic carbocycles. The molecule has 1 aromatic heterocycles. The quantitative estimate of drug-likeness (QED) is 0.204. The van der Waals surface area contributed by atoms with Gasteiger partial charge in [-0.15, -0.1) is 16.8 Å². The van der Waals surface area contributed by atoms with Gasteiger partial charge in [-0.05, 0) is 50.6 Å². The van der Waals surface area contributed by atoms with Crippen LogP contribution in [0.25, 0.3) is 0 Å². The van der Waals surface area contributed by atoms with Crippen LogP contribution in [-0.2, 0) is 16.1 Å². The van der Waals surface area contributed by atoms with Crippen molar-refractivity contribution in [2.75, 3.05) is 17.7 Å². The summed E-state index contributed by atoms with van der Waals surface area (Å²) < 4.78 is 6.96. The van der Waals surface area contributed by atoms with Gasteiger partial charge in [-0.1, -0.05) is 48.5 Å². The molecule has 0 aliphatic rings.